The first kappa shape index (κ1) is 14.6. The molecule has 2 heterocycles. The number of nitrogens with zero attached hydrogens (tertiary/aromatic N) is 2. The van der Waals surface area contributed by atoms with Crippen molar-refractivity contribution in [2.75, 3.05) is 5.32 Å². The van der Waals surface area contributed by atoms with E-state index in [1.807, 2.05) is 17.7 Å². The number of fused-ring (bicyclic) bond motifs is 3. The maximum atomic E-state index is 10.3. The molecule has 5 nitrogen and oxygen atoms in total. The molecular formula is C19H19N3O2. The number of hydrogen-bond donors (Lipinski definition) is 3. The quantitative estimate of drug-likeness (QED) is 0.595. The number of phenols is 2. The zero-order valence-corrected chi connectivity index (χ0v) is 13.8. The number of aromatic hydroxyl groups is 2. The van der Waals surface area contributed by atoms with Gasteiger partial charge in [0.25, 0.3) is 0 Å². The van der Waals surface area contributed by atoms with E-state index in [4.69, 9.17) is 0 Å². The van der Waals surface area contributed by atoms with E-state index in [2.05, 4.69) is 36.4 Å². The largest absolute Gasteiger partial charge is 0.504 e. The number of aryl methyl sites for hydroxylation is 3. The minimum Gasteiger partial charge on any atom is -0.504 e. The minimum atomic E-state index is -0.380. The summed E-state index contributed by atoms with van der Waals surface area (Å²) in [6.07, 6.45) is -0.380. The van der Waals surface area contributed by atoms with Gasteiger partial charge in [0.2, 0.25) is 0 Å². The molecule has 1 aliphatic rings. The van der Waals surface area contributed by atoms with Crippen LogP contribution in [0.15, 0.2) is 36.4 Å². The second-order valence-electron chi connectivity index (χ2n) is 6.38. The molecule has 122 valence electrons. The lowest BCUT2D eigenvalue weighted by Gasteiger charge is -2.31. The summed E-state index contributed by atoms with van der Waals surface area (Å²) in [6.45, 7) is 6.10. The zero-order valence-electron chi connectivity index (χ0n) is 13.8. The van der Waals surface area contributed by atoms with Gasteiger partial charge in [0, 0.05) is 16.8 Å². The lowest BCUT2D eigenvalue weighted by atomic mass is 9.98. The highest BCUT2D eigenvalue weighted by Gasteiger charge is 2.29. The molecular weight excluding hydrogens is 302 g/mol. The van der Waals surface area contributed by atoms with Crippen molar-refractivity contribution >= 4 is 5.69 Å². The number of aromatic nitrogens is 2. The summed E-state index contributed by atoms with van der Waals surface area (Å²) in [5, 5.41) is 28.3. The average Bonchev–Trinajstić information content (AvgIpc) is 2.92. The lowest BCUT2D eigenvalue weighted by molar-refractivity contribution is 0.392. The fourth-order valence-electron chi connectivity index (χ4n) is 3.45. The van der Waals surface area contributed by atoms with Crippen LogP contribution in [0.2, 0.25) is 0 Å². The summed E-state index contributed by atoms with van der Waals surface area (Å²) in [5.41, 5.74) is 6.95. The topological polar surface area (TPSA) is 70.3 Å². The third kappa shape index (κ3) is 2.05. The predicted molar refractivity (Wildman–Crippen MR) is 93.4 cm³/mol. The van der Waals surface area contributed by atoms with Gasteiger partial charge in [-0.15, -0.1) is 0 Å². The minimum absolute atomic E-state index is 0.123. The molecule has 1 aromatic heterocycles. The van der Waals surface area contributed by atoms with Gasteiger partial charge in [-0.1, -0.05) is 23.8 Å². The summed E-state index contributed by atoms with van der Waals surface area (Å²) in [4.78, 5) is 0. The van der Waals surface area contributed by atoms with Crippen molar-refractivity contribution in [2.45, 2.75) is 26.9 Å². The van der Waals surface area contributed by atoms with Crippen molar-refractivity contribution in [3.63, 3.8) is 0 Å². The fraction of sp³-hybridized carbons (Fsp3) is 0.211. The van der Waals surface area contributed by atoms with E-state index >= 15 is 0 Å². The fourth-order valence-corrected chi connectivity index (χ4v) is 3.45. The highest BCUT2D eigenvalue weighted by molar-refractivity contribution is 5.82. The highest BCUT2D eigenvalue weighted by Crippen LogP contribution is 2.43. The van der Waals surface area contributed by atoms with Crippen LogP contribution in [0.25, 0.3) is 11.3 Å². The molecule has 0 radical (unpaired) electrons. The van der Waals surface area contributed by atoms with E-state index < -0.39 is 0 Å². The van der Waals surface area contributed by atoms with Crippen molar-refractivity contribution in [2.24, 2.45) is 0 Å². The van der Waals surface area contributed by atoms with Crippen LogP contribution in [-0.2, 0) is 0 Å². The number of phenolic OH excluding ortho intramolecular Hbond substituents is 2. The molecule has 0 saturated carbocycles. The molecule has 0 fully saturated rings. The molecule has 2 aromatic carbocycles. The second-order valence-corrected chi connectivity index (χ2v) is 6.38. The molecule has 0 spiro atoms. The zero-order chi connectivity index (χ0) is 17.0. The van der Waals surface area contributed by atoms with E-state index in [0.717, 1.165) is 28.2 Å². The average molecular weight is 321 g/mol. The van der Waals surface area contributed by atoms with Gasteiger partial charge in [0.15, 0.2) is 17.7 Å². The van der Waals surface area contributed by atoms with E-state index in [0.29, 0.717) is 5.56 Å². The third-order valence-electron chi connectivity index (χ3n) is 4.48. The van der Waals surface area contributed by atoms with Crippen molar-refractivity contribution in [1.29, 1.82) is 0 Å². The van der Waals surface area contributed by atoms with Crippen LogP contribution in [-0.4, -0.2) is 20.0 Å². The van der Waals surface area contributed by atoms with Crippen molar-refractivity contribution in [3.8, 4) is 22.8 Å². The first-order chi connectivity index (χ1) is 11.5. The van der Waals surface area contributed by atoms with Crippen LogP contribution < -0.4 is 5.32 Å². The Kier molecular flexibility index (Phi) is 3.06. The third-order valence-corrected chi connectivity index (χ3v) is 4.48. The van der Waals surface area contributed by atoms with E-state index in [9.17, 15) is 10.2 Å². The Morgan fingerprint density at radius 1 is 1.08 bits per heavy atom. The maximum Gasteiger partial charge on any atom is 0.164 e. The number of benzene rings is 2. The molecule has 0 amide bonds. The molecule has 1 aliphatic heterocycles. The van der Waals surface area contributed by atoms with E-state index in [-0.39, 0.29) is 17.7 Å². The van der Waals surface area contributed by atoms with Crippen LogP contribution in [0.3, 0.4) is 0 Å². The number of para-hydroxylation sites is 1. The van der Waals surface area contributed by atoms with Gasteiger partial charge in [-0.05, 0) is 44.5 Å². The molecule has 3 aromatic rings. The Balaban J connectivity index is 1.98. The van der Waals surface area contributed by atoms with Crippen LogP contribution in [0.5, 0.6) is 11.5 Å². The van der Waals surface area contributed by atoms with Gasteiger partial charge in [-0.25, -0.2) is 4.68 Å². The van der Waals surface area contributed by atoms with Crippen molar-refractivity contribution in [1.82, 2.24) is 9.78 Å². The standard InChI is InChI=1S/C19H19N3O2/c1-10-7-11(2)17-14(8-10)15-9-12(3)21-22(15)19(20-17)13-5-4-6-16(23)18(13)24/h4-9,19-20,23-24H,1-3H3/t19-/m1/s1. The van der Waals surface area contributed by atoms with Crippen LogP contribution >= 0.6 is 0 Å². The first-order valence-electron chi connectivity index (χ1n) is 7.91. The Hall–Kier alpha value is -2.95. The van der Waals surface area contributed by atoms with Crippen LogP contribution in [0.1, 0.15) is 28.6 Å². The van der Waals surface area contributed by atoms with Gasteiger partial charge in [0.05, 0.1) is 11.4 Å². The Bertz CT molecular complexity index is 959. The number of anilines is 1. The Morgan fingerprint density at radius 2 is 1.88 bits per heavy atom. The molecule has 0 aliphatic carbocycles. The summed E-state index contributed by atoms with van der Waals surface area (Å²) in [6, 6.07) is 11.3. The molecule has 4 rings (SSSR count). The number of rotatable bonds is 1. The lowest BCUT2D eigenvalue weighted by Crippen LogP contribution is -2.26. The molecule has 5 heteroatoms. The summed E-state index contributed by atoms with van der Waals surface area (Å²) in [5.74, 6) is -0.256. The highest BCUT2D eigenvalue weighted by atomic mass is 16.3. The molecule has 24 heavy (non-hydrogen) atoms. The van der Waals surface area contributed by atoms with Crippen LogP contribution in [0, 0.1) is 20.8 Å². The number of hydrogen-bond acceptors (Lipinski definition) is 4. The molecule has 0 bridgehead atoms. The van der Waals surface area contributed by atoms with Crippen molar-refractivity contribution in [3.05, 3.63) is 58.8 Å². The smallest absolute Gasteiger partial charge is 0.164 e. The van der Waals surface area contributed by atoms with Crippen molar-refractivity contribution < 1.29 is 10.2 Å². The SMILES string of the molecule is Cc1cc(C)c2c(c1)-c1cc(C)nn1[C@H](c1cccc(O)c1O)N2. The summed E-state index contributed by atoms with van der Waals surface area (Å²) >= 11 is 0. The Morgan fingerprint density at radius 3 is 2.67 bits per heavy atom. The molecule has 1 atom stereocenters. The number of nitrogens with one attached hydrogen (secondary N) is 1. The van der Waals surface area contributed by atoms with E-state index in [1.165, 1.54) is 11.6 Å². The Labute approximate surface area is 140 Å². The van der Waals surface area contributed by atoms with Crippen LogP contribution in [0.4, 0.5) is 5.69 Å². The first-order valence-corrected chi connectivity index (χ1v) is 7.91. The normalized spacial score (nSPS) is 15.5. The van der Waals surface area contributed by atoms with Gasteiger partial charge >= 0.3 is 0 Å². The molecule has 0 saturated heterocycles. The maximum absolute atomic E-state index is 10.3. The van der Waals surface area contributed by atoms with Gasteiger partial charge in [0.1, 0.15) is 0 Å². The summed E-state index contributed by atoms with van der Waals surface area (Å²) in [7, 11) is 0. The molecule has 3 N–H and O–H groups in total. The summed E-state index contributed by atoms with van der Waals surface area (Å²) < 4.78 is 1.87. The van der Waals surface area contributed by atoms with Gasteiger partial charge in [-0.3, -0.25) is 0 Å². The second kappa shape index (κ2) is 5.03. The molecule has 0 unspecified atom stereocenters. The monoisotopic (exact) mass is 321 g/mol. The predicted octanol–water partition coefficient (Wildman–Crippen LogP) is 3.86. The van der Waals surface area contributed by atoms with E-state index in [1.54, 1.807) is 12.1 Å². The van der Waals surface area contributed by atoms with Gasteiger partial charge < -0.3 is 15.5 Å². The van der Waals surface area contributed by atoms with Gasteiger partial charge in [-0.2, -0.15) is 5.10 Å².